The van der Waals surface area contributed by atoms with Gasteiger partial charge in [-0.25, -0.2) is 9.89 Å². The Balaban J connectivity index is 2.42. The molecule has 1 unspecified atom stereocenters. The number of benzene rings is 1. The quantitative estimate of drug-likeness (QED) is 0.691. The highest BCUT2D eigenvalue weighted by atomic mass is 35.5. The van der Waals surface area contributed by atoms with Gasteiger partial charge in [-0.15, -0.1) is 0 Å². The molecule has 0 N–H and O–H groups in total. The van der Waals surface area contributed by atoms with Crippen LogP contribution in [0.3, 0.4) is 0 Å². The van der Waals surface area contributed by atoms with Gasteiger partial charge < -0.3 is 4.90 Å². The molecule has 1 atom stereocenters. The summed E-state index contributed by atoms with van der Waals surface area (Å²) in [7, 11) is 0. The summed E-state index contributed by atoms with van der Waals surface area (Å²) < 4.78 is 0. The van der Waals surface area contributed by atoms with Gasteiger partial charge in [0.2, 0.25) is 5.96 Å². The van der Waals surface area contributed by atoms with Crippen molar-refractivity contribution in [3.05, 3.63) is 28.8 Å². The minimum atomic E-state index is -0.291. The summed E-state index contributed by atoms with van der Waals surface area (Å²) >= 11 is 6.11. The Morgan fingerprint density at radius 2 is 2.04 bits per heavy atom. The normalized spacial score (nSPS) is 17.4. The van der Waals surface area contributed by atoms with Gasteiger partial charge in [0.25, 0.3) is 5.91 Å². The van der Waals surface area contributed by atoms with E-state index in [0.717, 1.165) is 49.6 Å². The minimum absolute atomic E-state index is 0.0732. The van der Waals surface area contributed by atoms with Crippen LogP contribution in [0.4, 0.5) is 5.69 Å². The highest BCUT2D eigenvalue weighted by molar-refractivity contribution is 6.31. The van der Waals surface area contributed by atoms with Gasteiger partial charge in [0.15, 0.2) is 0 Å². The monoisotopic (exact) mass is 363 g/mol. The number of rotatable bonds is 7. The van der Waals surface area contributed by atoms with Gasteiger partial charge in [-0.3, -0.25) is 4.79 Å². The highest BCUT2D eigenvalue weighted by Crippen LogP contribution is 2.30. The molecule has 0 saturated carbocycles. The summed E-state index contributed by atoms with van der Waals surface area (Å²) in [4.78, 5) is 22.0. The summed E-state index contributed by atoms with van der Waals surface area (Å²) in [6, 6.07) is 5.38. The first kappa shape index (κ1) is 19.8. The number of halogens is 1. The van der Waals surface area contributed by atoms with Gasteiger partial charge in [0, 0.05) is 18.1 Å². The summed E-state index contributed by atoms with van der Waals surface area (Å²) in [5.41, 5.74) is 1.87. The Morgan fingerprint density at radius 3 is 2.60 bits per heavy atom. The average Bonchev–Trinajstić information content (AvgIpc) is 2.85. The maximum atomic E-state index is 13.1. The van der Waals surface area contributed by atoms with Crippen molar-refractivity contribution in [2.75, 3.05) is 18.0 Å². The molecule has 1 aromatic rings. The molecule has 0 saturated heterocycles. The molecule has 0 aliphatic carbocycles. The first-order chi connectivity index (χ1) is 11.9. The van der Waals surface area contributed by atoms with Crippen LogP contribution < -0.4 is 4.90 Å². The number of carbonyl (C=O) groups is 1. The number of nitrogens with zero attached hydrogens (tertiary/aromatic N) is 3. The van der Waals surface area contributed by atoms with Crippen LogP contribution in [0, 0.1) is 12.8 Å². The van der Waals surface area contributed by atoms with Gasteiger partial charge in [0.1, 0.15) is 6.04 Å². The lowest BCUT2D eigenvalue weighted by atomic mass is 10.0. The van der Waals surface area contributed by atoms with E-state index in [1.807, 2.05) is 25.1 Å². The van der Waals surface area contributed by atoms with E-state index in [4.69, 9.17) is 16.6 Å². The molecule has 1 amide bonds. The number of amides is 1. The third-order valence-corrected chi connectivity index (χ3v) is 4.75. The molecule has 1 aromatic carbocycles. The standard InChI is InChI=1S/C20H30ClN3O/c1-6-8-11-23(7-2)20-22-17(12-14(3)4)19(25)24(20)18-10-9-16(21)13-15(18)5/h9-10,13-14,17H,6-8,11-12H2,1-5H3. The van der Waals surface area contributed by atoms with Crippen molar-refractivity contribution >= 4 is 29.2 Å². The largest absolute Gasteiger partial charge is 0.342 e. The molecule has 1 aliphatic heterocycles. The third-order valence-electron chi connectivity index (χ3n) is 4.52. The van der Waals surface area contributed by atoms with Crippen molar-refractivity contribution in [1.29, 1.82) is 0 Å². The van der Waals surface area contributed by atoms with Crippen LogP contribution in [-0.4, -0.2) is 35.9 Å². The second-order valence-corrected chi connectivity index (χ2v) is 7.55. The fourth-order valence-corrected chi connectivity index (χ4v) is 3.39. The molecular formula is C20H30ClN3O. The zero-order valence-electron chi connectivity index (χ0n) is 16.1. The average molecular weight is 364 g/mol. The lowest BCUT2D eigenvalue weighted by Crippen LogP contribution is -2.45. The molecule has 0 fully saturated rings. The molecule has 0 bridgehead atoms. The van der Waals surface area contributed by atoms with E-state index in [1.165, 1.54) is 0 Å². The van der Waals surface area contributed by atoms with E-state index in [1.54, 1.807) is 4.90 Å². The second-order valence-electron chi connectivity index (χ2n) is 7.11. The number of aryl methyl sites for hydroxylation is 1. The first-order valence-corrected chi connectivity index (χ1v) is 9.69. The van der Waals surface area contributed by atoms with Gasteiger partial charge >= 0.3 is 0 Å². The maximum Gasteiger partial charge on any atom is 0.258 e. The molecule has 1 aliphatic rings. The van der Waals surface area contributed by atoms with Crippen molar-refractivity contribution in [1.82, 2.24) is 4.90 Å². The van der Waals surface area contributed by atoms with Gasteiger partial charge in [0.05, 0.1) is 5.69 Å². The van der Waals surface area contributed by atoms with Crippen LogP contribution in [0.1, 0.15) is 52.5 Å². The van der Waals surface area contributed by atoms with E-state index in [2.05, 4.69) is 32.6 Å². The van der Waals surface area contributed by atoms with Crippen LogP contribution in [0.5, 0.6) is 0 Å². The van der Waals surface area contributed by atoms with Gasteiger partial charge in [-0.05, 0) is 56.4 Å². The number of hydrogen-bond donors (Lipinski definition) is 0. The third kappa shape index (κ3) is 4.55. The molecule has 25 heavy (non-hydrogen) atoms. The number of carbonyl (C=O) groups excluding carboxylic acids is 1. The summed E-state index contributed by atoms with van der Waals surface area (Å²) in [5, 5.41) is 0.684. The second kappa shape index (κ2) is 8.70. The Morgan fingerprint density at radius 1 is 1.32 bits per heavy atom. The fourth-order valence-electron chi connectivity index (χ4n) is 3.17. The first-order valence-electron chi connectivity index (χ1n) is 9.31. The Bertz CT molecular complexity index is 642. The van der Waals surface area contributed by atoms with Crippen molar-refractivity contribution in [2.24, 2.45) is 10.9 Å². The van der Waals surface area contributed by atoms with Crippen LogP contribution in [0.2, 0.25) is 5.02 Å². The molecule has 0 radical (unpaired) electrons. The van der Waals surface area contributed by atoms with Gasteiger partial charge in [-0.1, -0.05) is 38.8 Å². The topological polar surface area (TPSA) is 35.9 Å². The number of guanidine groups is 1. The van der Waals surface area contributed by atoms with Crippen LogP contribution >= 0.6 is 11.6 Å². The lowest BCUT2D eigenvalue weighted by molar-refractivity contribution is -0.118. The molecule has 138 valence electrons. The van der Waals surface area contributed by atoms with E-state index >= 15 is 0 Å². The van der Waals surface area contributed by atoms with Crippen molar-refractivity contribution in [2.45, 2.75) is 59.9 Å². The summed E-state index contributed by atoms with van der Waals surface area (Å²) in [6.07, 6.45) is 2.98. The van der Waals surface area contributed by atoms with E-state index in [0.29, 0.717) is 10.9 Å². The predicted octanol–water partition coefficient (Wildman–Crippen LogP) is 4.89. The number of aliphatic imine (C=N–C) groups is 1. The zero-order chi connectivity index (χ0) is 18.6. The predicted molar refractivity (Wildman–Crippen MR) is 107 cm³/mol. The number of hydrogen-bond acceptors (Lipinski definition) is 3. The maximum absolute atomic E-state index is 13.1. The Hall–Kier alpha value is -1.55. The molecule has 5 heteroatoms. The highest BCUT2D eigenvalue weighted by Gasteiger charge is 2.38. The van der Waals surface area contributed by atoms with Crippen LogP contribution in [-0.2, 0) is 4.79 Å². The Labute approximate surface area is 156 Å². The summed E-state index contributed by atoms with van der Waals surface area (Å²) in [6.45, 7) is 12.3. The zero-order valence-corrected chi connectivity index (χ0v) is 16.8. The smallest absolute Gasteiger partial charge is 0.258 e. The van der Waals surface area contributed by atoms with E-state index in [-0.39, 0.29) is 11.9 Å². The van der Waals surface area contributed by atoms with E-state index in [9.17, 15) is 4.79 Å². The summed E-state index contributed by atoms with van der Waals surface area (Å²) in [5.74, 6) is 1.29. The van der Waals surface area contributed by atoms with Crippen molar-refractivity contribution < 1.29 is 4.79 Å². The molecule has 4 nitrogen and oxygen atoms in total. The lowest BCUT2D eigenvalue weighted by Gasteiger charge is -2.29. The van der Waals surface area contributed by atoms with Crippen molar-refractivity contribution in [3.63, 3.8) is 0 Å². The van der Waals surface area contributed by atoms with Gasteiger partial charge in [-0.2, -0.15) is 0 Å². The Kier molecular flexibility index (Phi) is 6.88. The fraction of sp³-hybridized carbons (Fsp3) is 0.600. The molecule has 2 rings (SSSR count). The van der Waals surface area contributed by atoms with Crippen molar-refractivity contribution in [3.8, 4) is 0 Å². The number of unbranched alkanes of at least 4 members (excludes halogenated alkanes) is 1. The van der Waals surface area contributed by atoms with Crippen LogP contribution in [0.25, 0.3) is 0 Å². The molecule has 0 spiro atoms. The minimum Gasteiger partial charge on any atom is -0.342 e. The molecule has 1 heterocycles. The molecular weight excluding hydrogens is 334 g/mol. The number of anilines is 1. The molecule has 0 aromatic heterocycles. The SMILES string of the molecule is CCCCN(CC)C1=NC(CC(C)C)C(=O)N1c1ccc(Cl)cc1C. The van der Waals surface area contributed by atoms with E-state index < -0.39 is 0 Å². The van der Waals surface area contributed by atoms with Crippen LogP contribution in [0.15, 0.2) is 23.2 Å².